The van der Waals surface area contributed by atoms with Crippen molar-refractivity contribution in [1.82, 2.24) is 10.2 Å². The largest absolute Gasteiger partial charge is 0.496 e. The maximum absolute atomic E-state index is 12.2. The monoisotopic (exact) mass is 383 g/mol. The van der Waals surface area contributed by atoms with Crippen LogP contribution in [-0.2, 0) is 11.3 Å². The fraction of sp³-hybridized carbons (Fsp3) is 0.364. The summed E-state index contributed by atoms with van der Waals surface area (Å²) in [6.07, 6.45) is 0. The number of benzene rings is 2. The number of aryl methyl sites for hydroxylation is 4. The number of urea groups is 1. The minimum absolute atomic E-state index is 0.116. The topological polar surface area (TPSA) is 70.7 Å². The second-order valence-electron chi connectivity index (χ2n) is 7.26. The van der Waals surface area contributed by atoms with Crippen LogP contribution < -0.4 is 15.4 Å². The zero-order valence-electron chi connectivity index (χ0n) is 17.5. The molecular formula is C22H29N3O3. The van der Waals surface area contributed by atoms with Gasteiger partial charge in [-0.25, -0.2) is 4.79 Å². The van der Waals surface area contributed by atoms with Crippen LogP contribution in [0.3, 0.4) is 0 Å². The molecule has 28 heavy (non-hydrogen) atoms. The summed E-state index contributed by atoms with van der Waals surface area (Å²) in [5, 5.41) is 5.09. The lowest BCUT2D eigenvalue weighted by Crippen LogP contribution is -2.40. The molecule has 0 spiro atoms. The molecule has 0 radical (unpaired) electrons. The molecule has 0 heterocycles. The number of carbonyl (C=O) groups excluding carboxylic acids is 2. The molecule has 0 aromatic heterocycles. The minimum atomic E-state index is -0.526. The van der Waals surface area contributed by atoms with Crippen molar-refractivity contribution in [3.05, 3.63) is 58.1 Å². The van der Waals surface area contributed by atoms with Crippen molar-refractivity contribution < 1.29 is 14.3 Å². The van der Waals surface area contributed by atoms with E-state index in [0.717, 1.165) is 33.6 Å². The van der Waals surface area contributed by atoms with Gasteiger partial charge in [0, 0.05) is 12.2 Å². The maximum Gasteiger partial charge on any atom is 0.325 e. The van der Waals surface area contributed by atoms with Gasteiger partial charge in [0.25, 0.3) is 0 Å². The highest BCUT2D eigenvalue weighted by Gasteiger charge is 2.13. The smallest absolute Gasteiger partial charge is 0.325 e. The minimum Gasteiger partial charge on any atom is -0.496 e. The molecule has 0 unspecified atom stereocenters. The Morgan fingerprint density at radius 1 is 1.00 bits per heavy atom. The Morgan fingerprint density at radius 3 is 2.21 bits per heavy atom. The number of hydrogen-bond donors (Lipinski definition) is 2. The highest BCUT2D eigenvalue weighted by atomic mass is 16.5. The second kappa shape index (κ2) is 9.37. The van der Waals surface area contributed by atoms with Crippen LogP contribution in [0.5, 0.6) is 5.75 Å². The average molecular weight is 383 g/mol. The van der Waals surface area contributed by atoms with E-state index in [1.807, 2.05) is 70.0 Å². The van der Waals surface area contributed by atoms with Gasteiger partial charge in [-0.05, 0) is 63.1 Å². The van der Waals surface area contributed by atoms with E-state index in [1.54, 1.807) is 7.11 Å². The summed E-state index contributed by atoms with van der Waals surface area (Å²) in [7, 11) is 3.51. The number of rotatable bonds is 6. The molecule has 0 saturated heterocycles. The third kappa shape index (κ3) is 5.82. The first-order valence-corrected chi connectivity index (χ1v) is 9.20. The van der Waals surface area contributed by atoms with Crippen molar-refractivity contribution in [2.75, 3.05) is 26.0 Å². The van der Waals surface area contributed by atoms with Gasteiger partial charge >= 0.3 is 6.03 Å². The number of nitrogens with zero attached hydrogens (tertiary/aromatic N) is 1. The van der Waals surface area contributed by atoms with Crippen LogP contribution >= 0.6 is 0 Å². The van der Waals surface area contributed by atoms with Gasteiger partial charge in [-0.2, -0.15) is 0 Å². The summed E-state index contributed by atoms with van der Waals surface area (Å²) in [4.78, 5) is 26.1. The Balaban J connectivity index is 1.89. The molecule has 0 fully saturated rings. The lowest BCUT2D eigenvalue weighted by Gasteiger charge is -2.18. The fourth-order valence-corrected chi connectivity index (χ4v) is 3.34. The zero-order chi connectivity index (χ0) is 20.8. The number of methoxy groups -OCH3 is 1. The van der Waals surface area contributed by atoms with Gasteiger partial charge in [-0.3, -0.25) is 15.0 Å². The quantitative estimate of drug-likeness (QED) is 0.798. The molecule has 0 atom stereocenters. The van der Waals surface area contributed by atoms with Crippen LogP contribution in [0.4, 0.5) is 10.5 Å². The molecule has 150 valence electrons. The van der Waals surface area contributed by atoms with Gasteiger partial charge in [0.15, 0.2) is 0 Å². The van der Waals surface area contributed by atoms with Crippen molar-refractivity contribution in [3.8, 4) is 5.75 Å². The van der Waals surface area contributed by atoms with Gasteiger partial charge in [0.2, 0.25) is 5.91 Å². The summed E-state index contributed by atoms with van der Waals surface area (Å²) >= 11 is 0. The standard InChI is InChI=1S/C22H29N3O3/c1-14-7-8-19(15(2)9-14)23-22(27)24-20(26)13-25(5)12-18-10-16(3)21(28-6)17(4)11-18/h7-11H,12-13H2,1-6H3,(H2,23,24,26,27). The van der Waals surface area contributed by atoms with Gasteiger partial charge in [0.05, 0.1) is 13.7 Å². The Morgan fingerprint density at radius 2 is 1.64 bits per heavy atom. The number of imide groups is 1. The third-order valence-electron chi connectivity index (χ3n) is 4.47. The highest BCUT2D eigenvalue weighted by molar-refractivity contribution is 6.02. The van der Waals surface area contributed by atoms with Gasteiger partial charge < -0.3 is 10.1 Å². The van der Waals surface area contributed by atoms with Crippen molar-refractivity contribution >= 4 is 17.6 Å². The van der Waals surface area contributed by atoms with Crippen LogP contribution in [-0.4, -0.2) is 37.5 Å². The summed E-state index contributed by atoms with van der Waals surface area (Å²) in [5.41, 5.74) is 5.96. The Hall–Kier alpha value is -2.86. The van der Waals surface area contributed by atoms with E-state index >= 15 is 0 Å². The fourth-order valence-electron chi connectivity index (χ4n) is 3.34. The van der Waals surface area contributed by atoms with E-state index in [2.05, 4.69) is 10.6 Å². The molecule has 2 rings (SSSR count). The number of anilines is 1. The molecule has 2 aromatic carbocycles. The maximum atomic E-state index is 12.2. The molecule has 3 amide bonds. The van der Waals surface area contributed by atoms with E-state index in [1.165, 1.54) is 0 Å². The molecule has 0 saturated carbocycles. The number of amides is 3. The molecule has 2 aromatic rings. The van der Waals surface area contributed by atoms with Crippen LogP contribution in [0.1, 0.15) is 27.8 Å². The summed E-state index contributed by atoms with van der Waals surface area (Å²) < 4.78 is 5.39. The molecule has 0 bridgehead atoms. The summed E-state index contributed by atoms with van der Waals surface area (Å²) in [6.45, 7) is 8.61. The van der Waals surface area contributed by atoms with E-state index in [9.17, 15) is 9.59 Å². The summed E-state index contributed by atoms with van der Waals surface area (Å²) in [6, 6.07) is 9.29. The second-order valence-corrected chi connectivity index (χ2v) is 7.26. The predicted molar refractivity (Wildman–Crippen MR) is 112 cm³/mol. The normalized spacial score (nSPS) is 10.7. The van der Waals surface area contributed by atoms with Crippen LogP contribution in [0, 0.1) is 27.7 Å². The van der Waals surface area contributed by atoms with E-state index < -0.39 is 6.03 Å². The van der Waals surface area contributed by atoms with Crippen LogP contribution in [0.25, 0.3) is 0 Å². The lowest BCUT2D eigenvalue weighted by molar-refractivity contribution is -0.120. The molecule has 2 N–H and O–H groups in total. The highest BCUT2D eigenvalue weighted by Crippen LogP contribution is 2.24. The first-order chi connectivity index (χ1) is 13.2. The molecule has 6 nitrogen and oxygen atoms in total. The Labute approximate surface area is 166 Å². The average Bonchev–Trinajstić information content (AvgIpc) is 2.56. The van der Waals surface area contributed by atoms with E-state index in [0.29, 0.717) is 12.2 Å². The van der Waals surface area contributed by atoms with Crippen LogP contribution in [0.2, 0.25) is 0 Å². The first-order valence-electron chi connectivity index (χ1n) is 9.20. The van der Waals surface area contributed by atoms with Crippen molar-refractivity contribution in [2.45, 2.75) is 34.2 Å². The van der Waals surface area contributed by atoms with Gasteiger partial charge in [-0.15, -0.1) is 0 Å². The summed E-state index contributed by atoms with van der Waals surface area (Å²) in [5.74, 6) is 0.527. The predicted octanol–water partition coefficient (Wildman–Crippen LogP) is 3.71. The SMILES string of the molecule is COc1c(C)cc(CN(C)CC(=O)NC(=O)Nc2ccc(C)cc2C)cc1C. The molecule has 0 aliphatic carbocycles. The molecule has 0 aliphatic rings. The number of ether oxygens (including phenoxy) is 1. The van der Waals surface area contributed by atoms with Crippen LogP contribution in [0.15, 0.2) is 30.3 Å². The number of nitrogens with one attached hydrogen (secondary N) is 2. The number of hydrogen-bond acceptors (Lipinski definition) is 4. The van der Waals surface area contributed by atoms with Gasteiger partial charge in [-0.1, -0.05) is 29.8 Å². The third-order valence-corrected chi connectivity index (χ3v) is 4.47. The van der Waals surface area contributed by atoms with Crippen molar-refractivity contribution in [3.63, 3.8) is 0 Å². The molecule has 0 aliphatic heterocycles. The Bertz CT molecular complexity index is 854. The van der Waals surface area contributed by atoms with E-state index in [4.69, 9.17) is 4.74 Å². The molecular weight excluding hydrogens is 354 g/mol. The Kier molecular flexibility index (Phi) is 7.18. The van der Waals surface area contributed by atoms with Crippen molar-refractivity contribution in [2.24, 2.45) is 0 Å². The van der Waals surface area contributed by atoms with E-state index in [-0.39, 0.29) is 12.5 Å². The first kappa shape index (κ1) is 21.4. The number of likely N-dealkylation sites (N-methyl/N-ethyl adjacent to an activating group) is 1. The molecule has 6 heteroatoms. The van der Waals surface area contributed by atoms with Crippen molar-refractivity contribution in [1.29, 1.82) is 0 Å². The van der Waals surface area contributed by atoms with Gasteiger partial charge in [0.1, 0.15) is 5.75 Å². The number of carbonyl (C=O) groups is 2. The lowest BCUT2D eigenvalue weighted by atomic mass is 10.1. The zero-order valence-corrected chi connectivity index (χ0v) is 17.5.